The van der Waals surface area contributed by atoms with Gasteiger partial charge in [0.1, 0.15) is 5.75 Å². The molecule has 1 heteroatoms. The van der Waals surface area contributed by atoms with E-state index in [0.717, 1.165) is 12.0 Å². The van der Waals surface area contributed by atoms with Gasteiger partial charge in [0.25, 0.3) is 0 Å². The standard InChI is InChI=1S/C11H16O/c1-8(2)6-10-7-9(3)4-5-11(10)12/h4-5,7-8,12H,6H2,1-3H3. The lowest BCUT2D eigenvalue weighted by Crippen LogP contribution is -1.94. The fourth-order valence-electron chi connectivity index (χ4n) is 1.32. The largest absolute Gasteiger partial charge is 0.508 e. The van der Waals surface area contributed by atoms with Crippen molar-refractivity contribution in [2.24, 2.45) is 5.92 Å². The highest BCUT2D eigenvalue weighted by molar-refractivity contribution is 5.35. The van der Waals surface area contributed by atoms with Crippen molar-refractivity contribution in [3.8, 4) is 5.75 Å². The molecular weight excluding hydrogens is 148 g/mol. The molecule has 0 aromatic heterocycles. The number of hydrogen-bond donors (Lipinski definition) is 1. The Labute approximate surface area is 74.1 Å². The Balaban J connectivity index is 2.90. The number of benzene rings is 1. The Bertz CT molecular complexity index is 264. The van der Waals surface area contributed by atoms with Crippen LogP contribution in [-0.2, 0) is 6.42 Å². The first-order valence-corrected chi connectivity index (χ1v) is 4.38. The smallest absolute Gasteiger partial charge is 0.118 e. The van der Waals surface area contributed by atoms with E-state index in [9.17, 15) is 5.11 Å². The minimum atomic E-state index is 0.425. The van der Waals surface area contributed by atoms with E-state index in [0.29, 0.717) is 11.7 Å². The van der Waals surface area contributed by atoms with Crippen molar-refractivity contribution in [2.45, 2.75) is 27.2 Å². The van der Waals surface area contributed by atoms with Gasteiger partial charge in [-0.05, 0) is 30.9 Å². The molecule has 1 aromatic rings. The zero-order chi connectivity index (χ0) is 9.14. The van der Waals surface area contributed by atoms with Crippen molar-refractivity contribution in [3.05, 3.63) is 29.3 Å². The number of rotatable bonds is 2. The Hall–Kier alpha value is -0.980. The maximum Gasteiger partial charge on any atom is 0.118 e. The minimum Gasteiger partial charge on any atom is -0.508 e. The summed E-state index contributed by atoms with van der Waals surface area (Å²) >= 11 is 0. The van der Waals surface area contributed by atoms with Crippen LogP contribution in [0.5, 0.6) is 5.75 Å². The first-order chi connectivity index (χ1) is 5.59. The Kier molecular flexibility index (Phi) is 2.74. The van der Waals surface area contributed by atoms with Gasteiger partial charge in [-0.3, -0.25) is 0 Å². The Morgan fingerprint density at radius 1 is 1.33 bits per heavy atom. The van der Waals surface area contributed by atoms with Crippen LogP contribution in [0.4, 0.5) is 0 Å². The third-order valence-electron chi connectivity index (χ3n) is 1.86. The first-order valence-electron chi connectivity index (χ1n) is 4.38. The molecule has 1 rings (SSSR count). The summed E-state index contributed by atoms with van der Waals surface area (Å²) in [6, 6.07) is 5.75. The van der Waals surface area contributed by atoms with Crippen LogP contribution < -0.4 is 0 Å². The molecule has 0 saturated carbocycles. The Morgan fingerprint density at radius 3 is 2.58 bits per heavy atom. The summed E-state index contributed by atoms with van der Waals surface area (Å²) in [7, 11) is 0. The zero-order valence-corrected chi connectivity index (χ0v) is 7.96. The summed E-state index contributed by atoms with van der Waals surface area (Å²) in [5, 5.41) is 9.48. The van der Waals surface area contributed by atoms with Gasteiger partial charge < -0.3 is 5.11 Å². The number of aryl methyl sites for hydroxylation is 1. The van der Waals surface area contributed by atoms with Crippen LogP contribution >= 0.6 is 0 Å². The van der Waals surface area contributed by atoms with Crippen molar-refractivity contribution in [1.82, 2.24) is 0 Å². The van der Waals surface area contributed by atoms with Crippen LogP contribution in [0.3, 0.4) is 0 Å². The molecule has 0 fully saturated rings. The molecular formula is C11H16O. The highest BCUT2D eigenvalue weighted by Crippen LogP contribution is 2.21. The minimum absolute atomic E-state index is 0.425. The maximum atomic E-state index is 9.48. The fourth-order valence-corrected chi connectivity index (χ4v) is 1.32. The van der Waals surface area contributed by atoms with Gasteiger partial charge in [0, 0.05) is 0 Å². The van der Waals surface area contributed by atoms with E-state index in [1.165, 1.54) is 5.56 Å². The summed E-state index contributed by atoms with van der Waals surface area (Å²) in [5.41, 5.74) is 2.27. The van der Waals surface area contributed by atoms with E-state index in [1.807, 2.05) is 13.0 Å². The van der Waals surface area contributed by atoms with Crippen LogP contribution in [0.2, 0.25) is 0 Å². The molecule has 0 atom stereocenters. The molecule has 1 aromatic carbocycles. The number of phenolic OH excluding ortho intramolecular Hbond substituents is 1. The van der Waals surface area contributed by atoms with Gasteiger partial charge >= 0.3 is 0 Å². The van der Waals surface area contributed by atoms with E-state index in [-0.39, 0.29) is 0 Å². The second-order valence-electron chi connectivity index (χ2n) is 3.73. The zero-order valence-electron chi connectivity index (χ0n) is 7.96. The summed E-state index contributed by atoms with van der Waals surface area (Å²) in [4.78, 5) is 0. The lowest BCUT2D eigenvalue weighted by Gasteiger charge is -2.07. The molecule has 0 aliphatic rings. The molecule has 0 aliphatic carbocycles. The van der Waals surface area contributed by atoms with E-state index in [2.05, 4.69) is 19.9 Å². The lowest BCUT2D eigenvalue weighted by molar-refractivity contribution is 0.462. The maximum absolute atomic E-state index is 9.48. The molecule has 1 N–H and O–H groups in total. The van der Waals surface area contributed by atoms with Crippen molar-refractivity contribution in [1.29, 1.82) is 0 Å². The SMILES string of the molecule is Cc1ccc(O)c(CC(C)C)c1. The second kappa shape index (κ2) is 3.61. The van der Waals surface area contributed by atoms with Gasteiger partial charge in [0.15, 0.2) is 0 Å². The molecule has 0 bridgehead atoms. The highest BCUT2D eigenvalue weighted by atomic mass is 16.3. The summed E-state index contributed by atoms with van der Waals surface area (Å²) in [5.74, 6) is 1.02. The molecule has 0 spiro atoms. The lowest BCUT2D eigenvalue weighted by atomic mass is 10.0. The van der Waals surface area contributed by atoms with Gasteiger partial charge in [0.05, 0.1) is 0 Å². The molecule has 0 radical (unpaired) electrons. The third kappa shape index (κ3) is 2.26. The average molecular weight is 164 g/mol. The van der Waals surface area contributed by atoms with Crippen molar-refractivity contribution >= 4 is 0 Å². The molecule has 1 nitrogen and oxygen atoms in total. The molecule has 0 heterocycles. The predicted molar refractivity (Wildman–Crippen MR) is 51.4 cm³/mol. The van der Waals surface area contributed by atoms with Crippen LogP contribution in [0.1, 0.15) is 25.0 Å². The van der Waals surface area contributed by atoms with Crippen molar-refractivity contribution in [2.75, 3.05) is 0 Å². The van der Waals surface area contributed by atoms with E-state index in [1.54, 1.807) is 6.07 Å². The molecule has 0 amide bonds. The quantitative estimate of drug-likeness (QED) is 0.712. The summed E-state index contributed by atoms with van der Waals surface area (Å²) in [6.07, 6.45) is 0.952. The normalized spacial score (nSPS) is 10.7. The van der Waals surface area contributed by atoms with Gasteiger partial charge in [-0.1, -0.05) is 31.5 Å². The van der Waals surface area contributed by atoms with Gasteiger partial charge in [-0.2, -0.15) is 0 Å². The van der Waals surface area contributed by atoms with E-state index < -0.39 is 0 Å². The van der Waals surface area contributed by atoms with Crippen molar-refractivity contribution in [3.63, 3.8) is 0 Å². The fraction of sp³-hybridized carbons (Fsp3) is 0.455. The van der Waals surface area contributed by atoms with Crippen LogP contribution in [0.15, 0.2) is 18.2 Å². The van der Waals surface area contributed by atoms with E-state index >= 15 is 0 Å². The highest BCUT2D eigenvalue weighted by Gasteiger charge is 2.03. The van der Waals surface area contributed by atoms with E-state index in [4.69, 9.17) is 0 Å². The number of aromatic hydroxyl groups is 1. The van der Waals surface area contributed by atoms with Gasteiger partial charge in [-0.15, -0.1) is 0 Å². The van der Waals surface area contributed by atoms with Gasteiger partial charge in [0.2, 0.25) is 0 Å². The average Bonchev–Trinajstić information content (AvgIpc) is 1.96. The van der Waals surface area contributed by atoms with Crippen LogP contribution in [-0.4, -0.2) is 5.11 Å². The van der Waals surface area contributed by atoms with Crippen LogP contribution in [0.25, 0.3) is 0 Å². The number of phenols is 1. The van der Waals surface area contributed by atoms with Crippen molar-refractivity contribution < 1.29 is 5.11 Å². The Morgan fingerprint density at radius 2 is 2.00 bits per heavy atom. The molecule has 12 heavy (non-hydrogen) atoms. The number of hydrogen-bond acceptors (Lipinski definition) is 1. The molecule has 66 valence electrons. The topological polar surface area (TPSA) is 20.2 Å². The molecule has 0 unspecified atom stereocenters. The molecule has 0 saturated heterocycles. The van der Waals surface area contributed by atoms with Crippen LogP contribution in [0, 0.1) is 12.8 Å². The monoisotopic (exact) mass is 164 g/mol. The van der Waals surface area contributed by atoms with Gasteiger partial charge in [-0.25, -0.2) is 0 Å². The third-order valence-corrected chi connectivity index (χ3v) is 1.86. The summed E-state index contributed by atoms with van der Waals surface area (Å²) in [6.45, 7) is 6.35. The predicted octanol–water partition coefficient (Wildman–Crippen LogP) is 2.90. The molecule has 0 aliphatic heterocycles. The second-order valence-corrected chi connectivity index (χ2v) is 3.73. The first kappa shape index (κ1) is 9.11. The summed E-state index contributed by atoms with van der Waals surface area (Å²) < 4.78 is 0.